The molecule has 2 aliphatic rings. The topological polar surface area (TPSA) is 71.1 Å². The largest absolute Gasteiger partial charge is 0.493 e. The van der Waals surface area contributed by atoms with Crippen LogP contribution in [0.5, 0.6) is 11.5 Å². The summed E-state index contributed by atoms with van der Waals surface area (Å²) in [7, 11) is 3.19. The summed E-state index contributed by atoms with van der Waals surface area (Å²) in [6, 6.07) is 11.3. The highest BCUT2D eigenvalue weighted by molar-refractivity contribution is 6.00. The number of hydrogen-bond acceptors (Lipinski definition) is 5. The lowest BCUT2D eigenvalue weighted by molar-refractivity contribution is -0.137. The fourth-order valence-electron chi connectivity index (χ4n) is 4.84. The maximum Gasteiger partial charge on any atom is 0.327 e. The Hall–Kier alpha value is -3.06. The average molecular weight is 452 g/mol. The molecule has 7 nitrogen and oxygen atoms in total. The highest BCUT2D eigenvalue weighted by Gasteiger charge is 2.46. The lowest BCUT2D eigenvalue weighted by atomic mass is 9.92. The Balaban J connectivity index is 1.57. The van der Waals surface area contributed by atoms with Crippen LogP contribution in [0, 0.1) is 13.8 Å². The van der Waals surface area contributed by atoms with Gasteiger partial charge in [-0.2, -0.15) is 0 Å². The predicted octanol–water partition coefficient (Wildman–Crippen LogP) is 3.45. The fraction of sp³-hybridized carbons (Fsp3) is 0.462. The molecule has 2 aromatic rings. The molecular weight excluding hydrogens is 418 g/mol. The Bertz CT molecular complexity index is 1040. The highest BCUT2D eigenvalue weighted by atomic mass is 16.5. The van der Waals surface area contributed by atoms with Crippen LogP contribution in [0.1, 0.15) is 35.1 Å². The summed E-state index contributed by atoms with van der Waals surface area (Å²) in [5.41, 5.74) is 4.43. The van der Waals surface area contributed by atoms with E-state index < -0.39 is 0 Å². The van der Waals surface area contributed by atoms with Crippen molar-refractivity contribution < 1.29 is 19.1 Å². The number of imide groups is 1. The van der Waals surface area contributed by atoms with Crippen molar-refractivity contribution in [2.45, 2.75) is 51.7 Å². The molecule has 1 N–H and O–H groups in total. The summed E-state index contributed by atoms with van der Waals surface area (Å²) in [6.07, 6.45) is 2.34. The molecule has 0 bridgehead atoms. The number of hydrogen-bond donors (Lipinski definition) is 1. The molecule has 7 heteroatoms. The van der Waals surface area contributed by atoms with E-state index in [9.17, 15) is 9.59 Å². The van der Waals surface area contributed by atoms with Gasteiger partial charge in [0.05, 0.1) is 20.3 Å². The summed E-state index contributed by atoms with van der Waals surface area (Å²) in [4.78, 5) is 30.2. The molecular formula is C26H33N3O4. The number of fused-ring (bicyclic) bond motifs is 1. The van der Waals surface area contributed by atoms with Crippen LogP contribution in [0.4, 0.5) is 4.79 Å². The van der Waals surface area contributed by atoms with Gasteiger partial charge in [0.15, 0.2) is 11.5 Å². The number of nitrogens with zero attached hydrogens (tertiary/aromatic N) is 2. The molecule has 2 heterocycles. The first-order valence-corrected chi connectivity index (χ1v) is 11.6. The second-order valence-corrected chi connectivity index (χ2v) is 8.91. The van der Waals surface area contributed by atoms with Crippen molar-refractivity contribution in [3.63, 3.8) is 0 Å². The molecule has 4 rings (SSSR count). The van der Waals surface area contributed by atoms with E-state index >= 15 is 0 Å². The van der Waals surface area contributed by atoms with Crippen molar-refractivity contribution in [1.29, 1.82) is 0 Å². The van der Waals surface area contributed by atoms with Crippen LogP contribution >= 0.6 is 0 Å². The molecule has 33 heavy (non-hydrogen) atoms. The summed E-state index contributed by atoms with van der Waals surface area (Å²) in [6.45, 7) is 5.75. The van der Waals surface area contributed by atoms with E-state index in [1.165, 1.54) is 10.5 Å². The van der Waals surface area contributed by atoms with Crippen LogP contribution in [0.2, 0.25) is 0 Å². The smallest absolute Gasteiger partial charge is 0.327 e. The van der Waals surface area contributed by atoms with E-state index in [0.29, 0.717) is 31.0 Å². The molecule has 176 valence electrons. The monoisotopic (exact) mass is 451 g/mol. The number of nitrogens with one attached hydrogen (secondary N) is 1. The molecule has 0 saturated carbocycles. The fourth-order valence-corrected chi connectivity index (χ4v) is 4.84. The molecule has 0 spiro atoms. The lowest BCUT2D eigenvalue weighted by Crippen LogP contribution is -2.69. The van der Waals surface area contributed by atoms with E-state index in [0.717, 1.165) is 36.1 Å². The van der Waals surface area contributed by atoms with Crippen LogP contribution in [0.15, 0.2) is 36.4 Å². The molecule has 2 unspecified atom stereocenters. The van der Waals surface area contributed by atoms with Gasteiger partial charge in [-0.3, -0.25) is 9.69 Å². The maximum absolute atomic E-state index is 13.6. The van der Waals surface area contributed by atoms with Crippen molar-refractivity contribution in [1.82, 2.24) is 15.1 Å². The van der Waals surface area contributed by atoms with Crippen LogP contribution in [0.3, 0.4) is 0 Å². The minimum absolute atomic E-state index is 0.115. The Morgan fingerprint density at radius 2 is 1.82 bits per heavy atom. The summed E-state index contributed by atoms with van der Waals surface area (Å²) in [5.74, 6) is 1.17. The van der Waals surface area contributed by atoms with Gasteiger partial charge < -0.3 is 19.7 Å². The van der Waals surface area contributed by atoms with Crippen molar-refractivity contribution >= 4 is 11.9 Å². The van der Waals surface area contributed by atoms with Gasteiger partial charge in [-0.15, -0.1) is 0 Å². The van der Waals surface area contributed by atoms with Crippen molar-refractivity contribution in [3.8, 4) is 11.5 Å². The summed E-state index contributed by atoms with van der Waals surface area (Å²) < 4.78 is 10.7. The third-order valence-electron chi connectivity index (χ3n) is 6.75. The van der Waals surface area contributed by atoms with E-state index in [2.05, 4.69) is 37.4 Å². The predicted molar refractivity (Wildman–Crippen MR) is 127 cm³/mol. The molecule has 0 aliphatic carbocycles. The van der Waals surface area contributed by atoms with Crippen LogP contribution in [-0.2, 0) is 17.8 Å². The van der Waals surface area contributed by atoms with Gasteiger partial charge in [-0.05, 0) is 68.5 Å². The number of urea groups is 1. The molecule has 2 atom stereocenters. The Labute approximate surface area is 195 Å². The van der Waals surface area contributed by atoms with Gasteiger partial charge in [0, 0.05) is 13.1 Å². The van der Waals surface area contributed by atoms with Gasteiger partial charge in [0.25, 0.3) is 0 Å². The average Bonchev–Trinajstić information content (AvgIpc) is 2.83. The second kappa shape index (κ2) is 9.83. The normalized spacial score (nSPS) is 20.6. The molecule has 2 aliphatic heterocycles. The van der Waals surface area contributed by atoms with Crippen LogP contribution in [-0.4, -0.2) is 61.1 Å². The SMILES string of the molecule is COc1ccc(CCN2C(=O)C3NCCCC3N(Cc3cc(C)ccc3C)C2=O)cc1OC. The zero-order chi connectivity index (χ0) is 23.5. The number of ether oxygens (including phenoxy) is 2. The van der Waals surface area contributed by atoms with E-state index in [1.807, 2.05) is 23.1 Å². The summed E-state index contributed by atoms with van der Waals surface area (Å²) >= 11 is 0. The van der Waals surface area contributed by atoms with Crippen molar-refractivity contribution in [2.24, 2.45) is 0 Å². The van der Waals surface area contributed by atoms with E-state index in [1.54, 1.807) is 14.2 Å². The summed E-state index contributed by atoms with van der Waals surface area (Å²) in [5, 5.41) is 3.37. The second-order valence-electron chi connectivity index (χ2n) is 8.91. The number of carbonyl (C=O) groups is 2. The van der Waals surface area contributed by atoms with Crippen molar-refractivity contribution in [3.05, 3.63) is 58.7 Å². The molecule has 2 fully saturated rings. The standard InChI is InChI=1S/C26H33N3O4/c1-17-7-8-18(2)20(14-17)16-29-21-6-5-12-27-24(21)25(30)28(26(29)31)13-11-19-9-10-22(32-3)23(15-19)33-4/h7-10,14-15,21,24,27H,5-6,11-13,16H2,1-4H3. The number of piperidine rings is 1. The van der Waals surface area contributed by atoms with Gasteiger partial charge in [-0.25, -0.2) is 4.79 Å². The number of carbonyl (C=O) groups excluding carboxylic acids is 2. The van der Waals surface area contributed by atoms with E-state index in [4.69, 9.17) is 9.47 Å². The Morgan fingerprint density at radius 1 is 1.03 bits per heavy atom. The quantitative estimate of drug-likeness (QED) is 0.698. The zero-order valence-electron chi connectivity index (χ0n) is 19.9. The number of benzene rings is 2. The Morgan fingerprint density at radius 3 is 2.58 bits per heavy atom. The minimum atomic E-state index is -0.355. The molecule has 3 amide bonds. The van der Waals surface area contributed by atoms with E-state index in [-0.39, 0.29) is 24.0 Å². The highest BCUT2D eigenvalue weighted by Crippen LogP contribution is 2.30. The van der Waals surface area contributed by atoms with Gasteiger partial charge in [0.1, 0.15) is 6.04 Å². The Kier molecular flexibility index (Phi) is 6.88. The van der Waals surface area contributed by atoms with Crippen molar-refractivity contribution in [2.75, 3.05) is 27.3 Å². The first-order valence-electron chi connectivity index (χ1n) is 11.6. The third-order valence-corrected chi connectivity index (χ3v) is 6.75. The first-order chi connectivity index (χ1) is 15.9. The third kappa shape index (κ3) is 4.69. The molecule has 2 saturated heterocycles. The van der Waals surface area contributed by atoms with Gasteiger partial charge in [0.2, 0.25) is 5.91 Å². The number of amides is 3. The van der Waals surface area contributed by atoms with Gasteiger partial charge >= 0.3 is 6.03 Å². The van der Waals surface area contributed by atoms with Crippen LogP contribution in [0.25, 0.3) is 0 Å². The molecule has 0 radical (unpaired) electrons. The number of rotatable bonds is 7. The first kappa shape index (κ1) is 23.1. The molecule has 0 aromatic heterocycles. The van der Waals surface area contributed by atoms with Gasteiger partial charge in [-0.1, -0.05) is 29.8 Å². The number of methoxy groups -OCH3 is 2. The van der Waals surface area contributed by atoms with Crippen LogP contribution < -0.4 is 14.8 Å². The zero-order valence-corrected chi connectivity index (χ0v) is 19.9. The number of aryl methyl sites for hydroxylation is 2. The maximum atomic E-state index is 13.6. The minimum Gasteiger partial charge on any atom is -0.493 e. The molecule has 2 aromatic carbocycles. The lowest BCUT2D eigenvalue weighted by Gasteiger charge is -2.47.